The van der Waals surface area contributed by atoms with Crippen LogP contribution in [-0.4, -0.2) is 24.2 Å². The Bertz CT molecular complexity index is 378. The molecule has 4 heteroatoms. The number of pyridine rings is 1. The summed E-state index contributed by atoms with van der Waals surface area (Å²) in [6.07, 6.45) is 2.29. The van der Waals surface area contributed by atoms with Gasteiger partial charge in [-0.15, -0.1) is 0 Å². The minimum absolute atomic E-state index is 0.451. The molecule has 2 heterocycles. The molecule has 1 saturated heterocycles. The molecule has 2 rings (SSSR count). The van der Waals surface area contributed by atoms with Crippen LogP contribution >= 0.6 is 15.9 Å². The molecule has 1 fully saturated rings. The molecule has 1 unspecified atom stereocenters. The first kappa shape index (κ1) is 12.8. The first-order valence-electron chi connectivity index (χ1n) is 6.14. The zero-order chi connectivity index (χ0) is 12.3. The molecule has 1 aromatic rings. The van der Waals surface area contributed by atoms with Crippen molar-refractivity contribution >= 4 is 21.7 Å². The summed E-state index contributed by atoms with van der Waals surface area (Å²) in [6, 6.07) is 4.51. The highest BCUT2D eigenvalue weighted by molar-refractivity contribution is 9.10. The van der Waals surface area contributed by atoms with Crippen LogP contribution in [0.5, 0.6) is 0 Å². The van der Waals surface area contributed by atoms with Crippen LogP contribution in [0, 0.1) is 12.8 Å². The standard InChI is InChI=1S/C13H19BrN2O/c1-9(11-5-7-17-8-6-11)15-13-4-3-12(14)10(2)16-13/h3-4,9,11H,5-8H2,1-2H3,(H,15,16). The predicted molar refractivity (Wildman–Crippen MR) is 73.3 cm³/mol. The molecule has 17 heavy (non-hydrogen) atoms. The van der Waals surface area contributed by atoms with Crippen molar-refractivity contribution in [2.75, 3.05) is 18.5 Å². The molecule has 94 valence electrons. The zero-order valence-corrected chi connectivity index (χ0v) is 12.0. The lowest BCUT2D eigenvalue weighted by Crippen LogP contribution is -2.31. The molecule has 3 nitrogen and oxygen atoms in total. The SMILES string of the molecule is Cc1nc(NC(C)C2CCOCC2)ccc1Br. The number of ether oxygens (including phenoxy) is 1. The molecule has 0 aliphatic carbocycles. The van der Waals surface area contributed by atoms with Crippen LogP contribution < -0.4 is 5.32 Å². The largest absolute Gasteiger partial charge is 0.381 e. The summed E-state index contributed by atoms with van der Waals surface area (Å²) in [5, 5.41) is 3.49. The number of aromatic nitrogens is 1. The molecule has 0 radical (unpaired) electrons. The summed E-state index contributed by atoms with van der Waals surface area (Å²) in [7, 11) is 0. The van der Waals surface area contributed by atoms with Crippen molar-refractivity contribution in [1.29, 1.82) is 0 Å². The van der Waals surface area contributed by atoms with Crippen molar-refractivity contribution in [2.24, 2.45) is 5.92 Å². The van der Waals surface area contributed by atoms with Crippen molar-refractivity contribution < 1.29 is 4.74 Å². The predicted octanol–water partition coefficient (Wildman–Crippen LogP) is 3.38. The van der Waals surface area contributed by atoms with Crippen LogP contribution in [-0.2, 0) is 4.74 Å². The topological polar surface area (TPSA) is 34.2 Å². The highest BCUT2D eigenvalue weighted by atomic mass is 79.9. The number of aryl methyl sites for hydroxylation is 1. The third-order valence-corrected chi connectivity index (χ3v) is 4.21. The molecule has 1 N–H and O–H groups in total. The van der Waals surface area contributed by atoms with E-state index in [1.165, 1.54) is 0 Å². The number of hydrogen-bond donors (Lipinski definition) is 1. The number of rotatable bonds is 3. The molecule has 0 amide bonds. The van der Waals surface area contributed by atoms with Gasteiger partial charge in [-0.25, -0.2) is 4.98 Å². The van der Waals surface area contributed by atoms with E-state index < -0.39 is 0 Å². The average molecular weight is 299 g/mol. The van der Waals surface area contributed by atoms with Gasteiger partial charge >= 0.3 is 0 Å². The third kappa shape index (κ3) is 3.42. The summed E-state index contributed by atoms with van der Waals surface area (Å²) in [6.45, 7) is 6.02. The fourth-order valence-electron chi connectivity index (χ4n) is 2.19. The molecule has 0 aromatic carbocycles. The van der Waals surface area contributed by atoms with E-state index >= 15 is 0 Å². The summed E-state index contributed by atoms with van der Waals surface area (Å²) >= 11 is 3.47. The molecular formula is C13H19BrN2O. The van der Waals surface area contributed by atoms with Gasteiger partial charge in [-0.1, -0.05) is 0 Å². The molecular weight excluding hydrogens is 280 g/mol. The van der Waals surface area contributed by atoms with Gasteiger partial charge in [0, 0.05) is 23.7 Å². The molecule has 0 saturated carbocycles. The van der Waals surface area contributed by atoms with E-state index in [4.69, 9.17) is 4.74 Å². The first-order valence-corrected chi connectivity index (χ1v) is 6.93. The van der Waals surface area contributed by atoms with Crippen LogP contribution in [0.15, 0.2) is 16.6 Å². The van der Waals surface area contributed by atoms with Gasteiger partial charge in [0.15, 0.2) is 0 Å². The lowest BCUT2D eigenvalue weighted by molar-refractivity contribution is 0.0622. The van der Waals surface area contributed by atoms with Crippen molar-refractivity contribution in [3.63, 3.8) is 0 Å². The smallest absolute Gasteiger partial charge is 0.126 e. The van der Waals surface area contributed by atoms with Crippen LogP contribution in [0.3, 0.4) is 0 Å². The minimum Gasteiger partial charge on any atom is -0.381 e. The number of nitrogens with one attached hydrogen (secondary N) is 1. The Morgan fingerprint density at radius 2 is 2.12 bits per heavy atom. The molecule has 1 aromatic heterocycles. The van der Waals surface area contributed by atoms with Gasteiger partial charge in [0.25, 0.3) is 0 Å². The number of hydrogen-bond acceptors (Lipinski definition) is 3. The van der Waals surface area contributed by atoms with E-state index in [0.29, 0.717) is 12.0 Å². The number of halogens is 1. The number of anilines is 1. The maximum absolute atomic E-state index is 5.39. The summed E-state index contributed by atoms with van der Waals surface area (Å²) in [5.41, 5.74) is 1.02. The summed E-state index contributed by atoms with van der Waals surface area (Å²) in [4.78, 5) is 4.52. The van der Waals surface area contributed by atoms with E-state index in [2.05, 4.69) is 33.2 Å². The van der Waals surface area contributed by atoms with E-state index in [1.54, 1.807) is 0 Å². The molecule has 0 bridgehead atoms. The first-order chi connectivity index (χ1) is 8.16. The Labute approximate surface area is 111 Å². The highest BCUT2D eigenvalue weighted by Crippen LogP contribution is 2.22. The normalized spacial score (nSPS) is 19.0. The van der Waals surface area contributed by atoms with Gasteiger partial charge in [-0.2, -0.15) is 0 Å². The van der Waals surface area contributed by atoms with Crippen LogP contribution in [0.1, 0.15) is 25.5 Å². The monoisotopic (exact) mass is 298 g/mol. The average Bonchev–Trinajstić information content (AvgIpc) is 2.35. The van der Waals surface area contributed by atoms with Crippen molar-refractivity contribution in [1.82, 2.24) is 4.98 Å². The third-order valence-electron chi connectivity index (χ3n) is 3.37. The maximum atomic E-state index is 5.39. The van der Waals surface area contributed by atoms with Gasteiger partial charge in [-0.3, -0.25) is 0 Å². The molecule has 0 spiro atoms. The van der Waals surface area contributed by atoms with Crippen LogP contribution in [0.4, 0.5) is 5.82 Å². The van der Waals surface area contributed by atoms with Crippen LogP contribution in [0.25, 0.3) is 0 Å². The fraction of sp³-hybridized carbons (Fsp3) is 0.615. The Balaban J connectivity index is 1.96. The van der Waals surface area contributed by atoms with Gasteiger partial charge < -0.3 is 10.1 Å². The van der Waals surface area contributed by atoms with Crippen molar-refractivity contribution in [2.45, 2.75) is 32.7 Å². The Morgan fingerprint density at radius 3 is 2.76 bits per heavy atom. The summed E-state index contributed by atoms with van der Waals surface area (Å²) < 4.78 is 6.44. The van der Waals surface area contributed by atoms with Gasteiger partial charge in [0.2, 0.25) is 0 Å². The van der Waals surface area contributed by atoms with Gasteiger partial charge in [-0.05, 0) is 60.7 Å². The quantitative estimate of drug-likeness (QED) is 0.929. The number of nitrogens with zero attached hydrogens (tertiary/aromatic N) is 1. The second kappa shape index (κ2) is 5.83. The Kier molecular flexibility index (Phi) is 4.40. The Morgan fingerprint density at radius 1 is 1.41 bits per heavy atom. The lowest BCUT2D eigenvalue weighted by atomic mass is 9.93. The van der Waals surface area contributed by atoms with Crippen molar-refractivity contribution in [3.05, 3.63) is 22.3 Å². The molecule has 1 aliphatic rings. The summed E-state index contributed by atoms with van der Waals surface area (Å²) in [5.74, 6) is 1.65. The van der Waals surface area contributed by atoms with E-state index in [9.17, 15) is 0 Å². The maximum Gasteiger partial charge on any atom is 0.126 e. The fourth-order valence-corrected chi connectivity index (χ4v) is 2.41. The van der Waals surface area contributed by atoms with E-state index in [0.717, 1.165) is 42.0 Å². The van der Waals surface area contributed by atoms with Gasteiger partial charge in [0.1, 0.15) is 5.82 Å². The minimum atomic E-state index is 0.451. The molecule has 1 aliphatic heterocycles. The van der Waals surface area contributed by atoms with Gasteiger partial charge in [0.05, 0.1) is 5.69 Å². The molecule has 1 atom stereocenters. The van der Waals surface area contributed by atoms with E-state index in [1.807, 2.05) is 19.1 Å². The highest BCUT2D eigenvalue weighted by Gasteiger charge is 2.20. The Hall–Kier alpha value is -0.610. The lowest BCUT2D eigenvalue weighted by Gasteiger charge is -2.28. The zero-order valence-electron chi connectivity index (χ0n) is 10.4. The van der Waals surface area contributed by atoms with Crippen molar-refractivity contribution in [3.8, 4) is 0 Å². The second-order valence-electron chi connectivity index (χ2n) is 4.65. The van der Waals surface area contributed by atoms with Crippen LogP contribution in [0.2, 0.25) is 0 Å². The second-order valence-corrected chi connectivity index (χ2v) is 5.50. The van der Waals surface area contributed by atoms with E-state index in [-0.39, 0.29) is 0 Å².